The Kier molecular flexibility index (Phi) is 5.64. The molecule has 1 atom stereocenters. The van der Waals surface area contributed by atoms with E-state index >= 15 is 0 Å². The van der Waals surface area contributed by atoms with Crippen LogP contribution in [0.15, 0.2) is 90.5 Å². The number of allylic oxidation sites excluding steroid dienone is 4. The fourth-order valence-corrected chi connectivity index (χ4v) is 5.79. The fraction of sp³-hybridized carbons (Fsp3) is 0.152. The van der Waals surface area contributed by atoms with Crippen LogP contribution < -0.4 is 5.32 Å². The Hall–Kier alpha value is -4.64. The Morgan fingerprint density at radius 1 is 0.947 bits per heavy atom. The molecule has 5 heteroatoms. The number of phenolic OH excluding ortho intramolecular Hbond substituents is 1. The van der Waals surface area contributed by atoms with E-state index in [9.17, 15) is 14.7 Å². The summed E-state index contributed by atoms with van der Waals surface area (Å²) < 4.78 is 2.18. The van der Waals surface area contributed by atoms with E-state index in [-0.39, 0.29) is 29.8 Å². The smallest absolute Gasteiger partial charge is 0.191 e. The highest BCUT2D eigenvalue weighted by molar-refractivity contribution is 6.20. The maximum absolute atomic E-state index is 14.3. The molecule has 0 radical (unpaired) electrons. The Labute approximate surface area is 221 Å². The molecule has 3 aromatic carbocycles. The van der Waals surface area contributed by atoms with Crippen molar-refractivity contribution in [1.82, 2.24) is 4.57 Å². The van der Waals surface area contributed by atoms with Crippen molar-refractivity contribution < 1.29 is 14.7 Å². The van der Waals surface area contributed by atoms with Crippen LogP contribution in [0.4, 0.5) is 5.69 Å². The number of hydrogen-bond acceptors (Lipinski definition) is 4. The van der Waals surface area contributed by atoms with Crippen LogP contribution >= 0.6 is 0 Å². The van der Waals surface area contributed by atoms with Crippen molar-refractivity contribution in [3.8, 4) is 22.7 Å². The summed E-state index contributed by atoms with van der Waals surface area (Å²) in [5.41, 5.74) is 9.01. The van der Waals surface area contributed by atoms with Gasteiger partial charge in [-0.15, -0.1) is 0 Å². The molecule has 1 unspecified atom stereocenters. The summed E-state index contributed by atoms with van der Waals surface area (Å²) in [7, 11) is 0. The van der Waals surface area contributed by atoms with Crippen LogP contribution in [0.1, 0.15) is 59.1 Å². The van der Waals surface area contributed by atoms with Crippen molar-refractivity contribution in [1.29, 1.82) is 0 Å². The topological polar surface area (TPSA) is 71.3 Å². The average Bonchev–Trinajstić information content (AvgIpc) is 3.27. The molecule has 0 saturated carbocycles. The summed E-state index contributed by atoms with van der Waals surface area (Å²) >= 11 is 0. The summed E-state index contributed by atoms with van der Waals surface area (Å²) in [4.78, 5) is 27.2. The van der Waals surface area contributed by atoms with Crippen molar-refractivity contribution in [2.75, 3.05) is 5.32 Å². The largest absolute Gasteiger partial charge is 0.508 e. The molecule has 1 aliphatic carbocycles. The van der Waals surface area contributed by atoms with E-state index in [1.807, 2.05) is 75.4 Å². The second-order valence-corrected chi connectivity index (χ2v) is 9.99. The van der Waals surface area contributed by atoms with Gasteiger partial charge in [-0.1, -0.05) is 54.1 Å². The van der Waals surface area contributed by atoms with Gasteiger partial charge in [-0.3, -0.25) is 9.59 Å². The first-order chi connectivity index (χ1) is 18.4. The Bertz CT molecular complexity index is 1700. The normalized spacial score (nSPS) is 19.0. The van der Waals surface area contributed by atoms with Crippen molar-refractivity contribution in [2.45, 2.75) is 33.2 Å². The van der Waals surface area contributed by atoms with Crippen LogP contribution in [0.5, 0.6) is 5.75 Å². The fourth-order valence-electron chi connectivity index (χ4n) is 5.79. The number of fused-ring (bicyclic) bond motifs is 5. The minimum atomic E-state index is -0.371. The van der Waals surface area contributed by atoms with E-state index in [0.717, 1.165) is 50.6 Å². The minimum Gasteiger partial charge on any atom is -0.508 e. The number of carbonyl (C=O) groups is 2. The number of aromatic nitrogens is 1. The lowest BCUT2D eigenvalue weighted by Crippen LogP contribution is -2.23. The predicted octanol–water partition coefficient (Wildman–Crippen LogP) is 7.18. The molecule has 0 bridgehead atoms. The molecular weight excluding hydrogens is 472 g/mol. The second-order valence-electron chi connectivity index (χ2n) is 9.99. The minimum absolute atomic E-state index is 0.0741. The van der Waals surface area contributed by atoms with E-state index in [1.54, 1.807) is 24.3 Å². The van der Waals surface area contributed by atoms with Gasteiger partial charge in [-0.25, -0.2) is 0 Å². The van der Waals surface area contributed by atoms with Gasteiger partial charge in [-0.05, 0) is 73.9 Å². The number of anilines is 1. The molecule has 0 spiro atoms. The van der Waals surface area contributed by atoms with Crippen LogP contribution in [0.3, 0.4) is 0 Å². The molecule has 2 heterocycles. The van der Waals surface area contributed by atoms with Crippen molar-refractivity contribution >= 4 is 22.8 Å². The molecule has 188 valence electrons. The van der Waals surface area contributed by atoms with Crippen molar-refractivity contribution in [3.63, 3.8) is 0 Å². The summed E-state index contributed by atoms with van der Waals surface area (Å²) in [5, 5.41) is 14.0. The number of ketones is 2. The summed E-state index contributed by atoms with van der Waals surface area (Å²) in [5.74, 6) is -0.0589. The number of para-hydroxylation sites is 2. The molecule has 2 N–H and O–H groups in total. The lowest BCUT2D eigenvalue weighted by Gasteiger charge is -2.32. The van der Waals surface area contributed by atoms with Crippen molar-refractivity contribution in [3.05, 3.63) is 118 Å². The second kappa shape index (κ2) is 9.03. The maximum atomic E-state index is 14.3. The lowest BCUT2D eigenvalue weighted by atomic mass is 9.86. The van der Waals surface area contributed by atoms with E-state index in [4.69, 9.17) is 0 Å². The van der Waals surface area contributed by atoms with Gasteiger partial charge in [0, 0.05) is 17.6 Å². The average molecular weight is 501 g/mol. The van der Waals surface area contributed by atoms with Gasteiger partial charge in [0.2, 0.25) is 0 Å². The van der Waals surface area contributed by atoms with Crippen LogP contribution in [-0.4, -0.2) is 21.2 Å². The first-order valence-electron chi connectivity index (χ1n) is 12.8. The molecule has 0 amide bonds. The number of nitrogens with zero attached hydrogens (tertiary/aromatic N) is 1. The lowest BCUT2D eigenvalue weighted by molar-refractivity contribution is -0.113. The summed E-state index contributed by atoms with van der Waals surface area (Å²) in [6.45, 7) is 5.76. The molecule has 38 heavy (non-hydrogen) atoms. The van der Waals surface area contributed by atoms with E-state index in [1.165, 1.54) is 0 Å². The third kappa shape index (κ3) is 3.70. The number of benzene rings is 3. The van der Waals surface area contributed by atoms with Crippen molar-refractivity contribution in [2.24, 2.45) is 0 Å². The maximum Gasteiger partial charge on any atom is 0.191 e. The highest BCUT2D eigenvalue weighted by Crippen LogP contribution is 2.48. The molecule has 0 fully saturated rings. The number of aromatic hydroxyl groups is 1. The standard InChI is InChI=1S/C33H28N2O3/c1-4-21-17-25(37)16-20(3)28-29(33(21)38)31(23-11-7-9-19(2)15-23)35-27-14-6-5-13-26(27)34-30(32(28)35)22-10-8-12-24(36)18-22/h4-16,18,30,34,36H,17H2,1-3H3/b20-16-,21-4-. The number of aryl methyl sites for hydroxylation is 1. The molecule has 5 nitrogen and oxygen atoms in total. The van der Waals surface area contributed by atoms with Gasteiger partial charge in [0.05, 0.1) is 34.4 Å². The zero-order valence-electron chi connectivity index (χ0n) is 21.6. The van der Waals surface area contributed by atoms with Gasteiger partial charge >= 0.3 is 0 Å². The summed E-state index contributed by atoms with van der Waals surface area (Å²) in [6.07, 6.45) is 3.49. The first-order valence-corrected chi connectivity index (χ1v) is 12.8. The molecule has 0 saturated heterocycles. The first kappa shape index (κ1) is 23.7. The highest BCUT2D eigenvalue weighted by atomic mass is 16.3. The Morgan fingerprint density at radius 2 is 1.74 bits per heavy atom. The van der Waals surface area contributed by atoms with Gasteiger partial charge in [0.25, 0.3) is 0 Å². The molecule has 1 aromatic heterocycles. The monoisotopic (exact) mass is 500 g/mol. The third-order valence-corrected chi connectivity index (χ3v) is 7.42. The zero-order valence-corrected chi connectivity index (χ0v) is 21.6. The molecule has 4 aromatic rings. The number of phenols is 1. The van der Waals surface area contributed by atoms with Crippen LogP contribution in [0.2, 0.25) is 0 Å². The quantitative estimate of drug-likeness (QED) is 0.286. The molecule has 6 rings (SSSR count). The highest BCUT2D eigenvalue weighted by Gasteiger charge is 2.38. The Balaban J connectivity index is 1.82. The van der Waals surface area contributed by atoms with Gasteiger partial charge in [0.15, 0.2) is 11.6 Å². The van der Waals surface area contributed by atoms with E-state index in [0.29, 0.717) is 11.1 Å². The van der Waals surface area contributed by atoms with Gasteiger partial charge < -0.3 is 15.0 Å². The Morgan fingerprint density at radius 3 is 2.50 bits per heavy atom. The number of Topliss-reactive ketones (excluding diaryl/α,β-unsaturated/α-hetero) is 1. The van der Waals surface area contributed by atoms with Crippen LogP contribution in [0.25, 0.3) is 22.5 Å². The predicted molar refractivity (Wildman–Crippen MR) is 151 cm³/mol. The van der Waals surface area contributed by atoms with E-state index < -0.39 is 0 Å². The number of rotatable bonds is 2. The molecule has 1 aliphatic heterocycles. The van der Waals surface area contributed by atoms with Gasteiger partial charge in [0.1, 0.15) is 5.75 Å². The molecular formula is C33H28N2O3. The molecule has 2 aliphatic rings. The third-order valence-electron chi connectivity index (χ3n) is 7.42. The number of nitrogens with one attached hydrogen (secondary N) is 1. The van der Waals surface area contributed by atoms with Crippen LogP contribution in [0, 0.1) is 6.92 Å². The number of hydrogen-bond donors (Lipinski definition) is 2. The zero-order chi connectivity index (χ0) is 26.6. The SMILES string of the molecule is C/C=C1/CC(=O)/C=C(/C)c2c(c(-c3cccc(C)c3)n3c2C(c2cccc(O)c2)Nc2ccccc2-3)C1=O. The summed E-state index contributed by atoms with van der Waals surface area (Å²) in [6, 6.07) is 23.0. The number of carbonyl (C=O) groups excluding carboxylic acids is 2. The van der Waals surface area contributed by atoms with Crippen LogP contribution in [-0.2, 0) is 4.79 Å². The van der Waals surface area contributed by atoms with Gasteiger partial charge in [-0.2, -0.15) is 0 Å². The van der Waals surface area contributed by atoms with E-state index in [2.05, 4.69) is 16.0 Å².